The van der Waals surface area contributed by atoms with Crippen LogP contribution in [-0.2, 0) is 4.79 Å². The number of nitrogens with one attached hydrogen (secondary N) is 4. The van der Waals surface area contributed by atoms with Crippen LogP contribution in [0.1, 0.15) is 10.4 Å². The van der Waals surface area contributed by atoms with Gasteiger partial charge in [0.05, 0.1) is 23.5 Å². The van der Waals surface area contributed by atoms with Gasteiger partial charge >= 0.3 is 0 Å². The number of carbonyl (C=O) groups excluding carboxylic acids is 2. The molecular weight excluding hydrogens is 232 g/mol. The van der Waals surface area contributed by atoms with Crippen LogP contribution in [0.2, 0.25) is 0 Å². The molecule has 0 saturated heterocycles. The van der Waals surface area contributed by atoms with E-state index < -0.39 is 0 Å². The second-order valence-electron chi connectivity index (χ2n) is 3.94. The molecule has 18 heavy (non-hydrogen) atoms. The molecule has 0 fully saturated rings. The van der Waals surface area contributed by atoms with Gasteiger partial charge in [0.1, 0.15) is 0 Å². The summed E-state index contributed by atoms with van der Waals surface area (Å²) in [6.07, 6.45) is 0. The van der Waals surface area contributed by atoms with E-state index in [1.165, 1.54) is 7.05 Å². The highest BCUT2D eigenvalue weighted by atomic mass is 16.2. The van der Waals surface area contributed by atoms with Gasteiger partial charge in [-0.05, 0) is 12.1 Å². The van der Waals surface area contributed by atoms with Gasteiger partial charge in [-0.25, -0.2) is 0 Å². The standard InChI is InChI=1S/C12H16N4O2/c1-13-10(17)7-16-12(18)8-3-2-4-9-11(8)15-6-5-14-9/h2-4,14-15H,5-7H2,1H3,(H,13,17)(H,16,18). The molecule has 2 amide bonds. The second-order valence-corrected chi connectivity index (χ2v) is 3.94. The van der Waals surface area contributed by atoms with Crippen LogP contribution in [0, 0.1) is 0 Å². The van der Waals surface area contributed by atoms with Crippen LogP contribution in [0.3, 0.4) is 0 Å². The predicted molar refractivity (Wildman–Crippen MR) is 69.8 cm³/mol. The summed E-state index contributed by atoms with van der Waals surface area (Å²) in [5.74, 6) is -0.481. The molecule has 1 aromatic rings. The Bertz CT molecular complexity index is 473. The molecule has 0 aliphatic carbocycles. The van der Waals surface area contributed by atoms with Crippen molar-refractivity contribution in [2.45, 2.75) is 0 Å². The Morgan fingerprint density at radius 1 is 1.28 bits per heavy atom. The van der Waals surface area contributed by atoms with Gasteiger partial charge < -0.3 is 21.3 Å². The molecular formula is C12H16N4O2. The number of hydrogen-bond acceptors (Lipinski definition) is 4. The van der Waals surface area contributed by atoms with Gasteiger partial charge in [-0.2, -0.15) is 0 Å². The minimum absolute atomic E-state index is 0.0214. The summed E-state index contributed by atoms with van der Waals surface area (Å²) < 4.78 is 0. The van der Waals surface area contributed by atoms with E-state index >= 15 is 0 Å². The summed E-state index contributed by atoms with van der Waals surface area (Å²) in [5.41, 5.74) is 2.25. The van der Waals surface area contributed by atoms with Crippen LogP contribution in [0.25, 0.3) is 0 Å². The zero-order valence-corrected chi connectivity index (χ0v) is 10.2. The first-order valence-corrected chi connectivity index (χ1v) is 5.82. The van der Waals surface area contributed by atoms with Gasteiger partial charge in [0.2, 0.25) is 5.91 Å². The van der Waals surface area contributed by atoms with Crippen molar-refractivity contribution in [3.8, 4) is 0 Å². The highest BCUT2D eigenvalue weighted by Gasteiger charge is 2.17. The molecule has 0 atom stereocenters. The van der Waals surface area contributed by atoms with Crippen LogP contribution in [0.5, 0.6) is 0 Å². The van der Waals surface area contributed by atoms with E-state index in [2.05, 4.69) is 21.3 Å². The normalized spacial score (nSPS) is 12.7. The number of carbonyl (C=O) groups is 2. The van der Waals surface area contributed by atoms with Gasteiger partial charge in [0, 0.05) is 20.1 Å². The zero-order chi connectivity index (χ0) is 13.0. The molecule has 0 radical (unpaired) electrons. The summed E-state index contributed by atoms with van der Waals surface area (Å²) in [4.78, 5) is 23.1. The van der Waals surface area contributed by atoms with Crippen molar-refractivity contribution >= 4 is 23.2 Å². The fraction of sp³-hybridized carbons (Fsp3) is 0.333. The third-order valence-electron chi connectivity index (χ3n) is 2.74. The summed E-state index contributed by atoms with van der Waals surface area (Å²) >= 11 is 0. The molecule has 0 saturated carbocycles. The van der Waals surface area contributed by atoms with Gasteiger partial charge in [0.25, 0.3) is 5.91 Å². The lowest BCUT2D eigenvalue weighted by atomic mass is 10.1. The molecule has 1 heterocycles. The van der Waals surface area contributed by atoms with Gasteiger partial charge in [-0.1, -0.05) is 6.07 Å². The van der Waals surface area contributed by atoms with E-state index in [0.717, 1.165) is 24.5 Å². The van der Waals surface area contributed by atoms with E-state index in [9.17, 15) is 9.59 Å². The van der Waals surface area contributed by atoms with Crippen molar-refractivity contribution in [2.24, 2.45) is 0 Å². The largest absolute Gasteiger partial charge is 0.382 e. The Balaban J connectivity index is 2.13. The van der Waals surface area contributed by atoms with E-state index in [1.54, 1.807) is 6.07 Å². The van der Waals surface area contributed by atoms with E-state index in [4.69, 9.17) is 0 Å². The van der Waals surface area contributed by atoms with E-state index in [-0.39, 0.29) is 18.4 Å². The molecule has 1 aliphatic heterocycles. The van der Waals surface area contributed by atoms with Crippen molar-refractivity contribution in [1.29, 1.82) is 0 Å². The van der Waals surface area contributed by atoms with Crippen LogP contribution in [0.4, 0.5) is 11.4 Å². The Labute approximate surface area is 105 Å². The van der Waals surface area contributed by atoms with Crippen molar-refractivity contribution < 1.29 is 9.59 Å². The quantitative estimate of drug-likeness (QED) is 0.607. The lowest BCUT2D eigenvalue weighted by molar-refractivity contribution is -0.119. The van der Waals surface area contributed by atoms with Gasteiger partial charge in [-0.3, -0.25) is 9.59 Å². The van der Waals surface area contributed by atoms with Crippen molar-refractivity contribution in [1.82, 2.24) is 10.6 Å². The number of likely N-dealkylation sites (N-methyl/N-ethyl adjacent to an activating group) is 1. The number of benzene rings is 1. The molecule has 4 N–H and O–H groups in total. The summed E-state index contributed by atoms with van der Waals surface area (Å²) in [6.45, 7) is 1.58. The number of para-hydroxylation sites is 1. The third kappa shape index (κ3) is 2.53. The fourth-order valence-corrected chi connectivity index (χ4v) is 1.81. The minimum atomic E-state index is -0.258. The van der Waals surface area contributed by atoms with Crippen LogP contribution in [0.15, 0.2) is 18.2 Å². The SMILES string of the molecule is CNC(=O)CNC(=O)c1cccc2c1NCCN2. The Morgan fingerprint density at radius 3 is 2.83 bits per heavy atom. The van der Waals surface area contributed by atoms with Gasteiger partial charge in [0.15, 0.2) is 0 Å². The summed E-state index contributed by atoms with van der Waals surface area (Å²) in [7, 11) is 1.53. The van der Waals surface area contributed by atoms with Crippen molar-refractivity contribution in [2.75, 3.05) is 37.3 Å². The maximum atomic E-state index is 12.0. The summed E-state index contributed by atoms with van der Waals surface area (Å²) in [6, 6.07) is 5.46. The van der Waals surface area contributed by atoms with E-state index in [0.29, 0.717) is 5.56 Å². The van der Waals surface area contributed by atoms with Crippen LogP contribution in [-0.4, -0.2) is 38.5 Å². The maximum Gasteiger partial charge on any atom is 0.253 e. The molecule has 1 aliphatic rings. The Kier molecular flexibility index (Phi) is 3.66. The molecule has 1 aromatic carbocycles. The molecule has 96 valence electrons. The first kappa shape index (κ1) is 12.2. The monoisotopic (exact) mass is 248 g/mol. The van der Waals surface area contributed by atoms with E-state index in [1.807, 2.05) is 12.1 Å². The fourth-order valence-electron chi connectivity index (χ4n) is 1.81. The lowest BCUT2D eigenvalue weighted by Gasteiger charge is -2.22. The topological polar surface area (TPSA) is 82.3 Å². The minimum Gasteiger partial charge on any atom is -0.382 e. The molecule has 6 heteroatoms. The van der Waals surface area contributed by atoms with Gasteiger partial charge in [-0.15, -0.1) is 0 Å². The van der Waals surface area contributed by atoms with Crippen LogP contribution >= 0.6 is 0 Å². The molecule has 2 rings (SSSR count). The second kappa shape index (κ2) is 5.39. The first-order valence-electron chi connectivity index (χ1n) is 5.82. The Morgan fingerprint density at radius 2 is 2.06 bits per heavy atom. The number of amides is 2. The number of rotatable bonds is 3. The Hall–Kier alpha value is -2.24. The molecule has 0 bridgehead atoms. The van der Waals surface area contributed by atoms with Crippen molar-refractivity contribution in [3.05, 3.63) is 23.8 Å². The molecule has 0 aromatic heterocycles. The average molecular weight is 248 g/mol. The molecule has 6 nitrogen and oxygen atoms in total. The first-order chi connectivity index (χ1) is 8.72. The molecule has 0 unspecified atom stereocenters. The highest BCUT2D eigenvalue weighted by Crippen LogP contribution is 2.27. The van der Waals surface area contributed by atoms with Crippen molar-refractivity contribution in [3.63, 3.8) is 0 Å². The zero-order valence-electron chi connectivity index (χ0n) is 10.2. The average Bonchev–Trinajstić information content (AvgIpc) is 2.43. The maximum absolute atomic E-state index is 12.0. The third-order valence-corrected chi connectivity index (χ3v) is 2.74. The van der Waals surface area contributed by atoms with Crippen LogP contribution < -0.4 is 21.3 Å². The molecule has 0 spiro atoms. The number of anilines is 2. The summed E-state index contributed by atoms with van der Waals surface area (Å²) in [5, 5.41) is 11.4. The lowest BCUT2D eigenvalue weighted by Crippen LogP contribution is -2.35. The number of hydrogen-bond donors (Lipinski definition) is 4. The smallest absolute Gasteiger partial charge is 0.253 e. The predicted octanol–water partition coefficient (Wildman–Crippen LogP) is -0.000200. The highest BCUT2D eigenvalue weighted by molar-refractivity contribution is 6.03. The number of fused-ring (bicyclic) bond motifs is 1.